The molecule has 2 heterocycles. The van der Waals surface area contributed by atoms with E-state index in [4.69, 9.17) is 4.74 Å². The molecule has 1 aromatic carbocycles. The zero-order valence-corrected chi connectivity index (χ0v) is 13.4. The summed E-state index contributed by atoms with van der Waals surface area (Å²) in [5.41, 5.74) is -0.00280. The second kappa shape index (κ2) is 5.82. The van der Waals surface area contributed by atoms with Gasteiger partial charge in [-0.15, -0.1) is 0 Å². The van der Waals surface area contributed by atoms with E-state index in [1.54, 1.807) is 12.1 Å². The first-order valence-electron chi connectivity index (χ1n) is 7.75. The summed E-state index contributed by atoms with van der Waals surface area (Å²) < 4.78 is 6.12. The third kappa shape index (κ3) is 3.08. The summed E-state index contributed by atoms with van der Waals surface area (Å²) in [6, 6.07) is 6.95. The largest absolute Gasteiger partial charge is 0.508 e. The average Bonchev–Trinajstić information content (AvgIpc) is 2.48. The first-order valence-corrected chi connectivity index (χ1v) is 8.91. The fourth-order valence-electron chi connectivity index (χ4n) is 3.63. The van der Waals surface area contributed by atoms with Gasteiger partial charge in [0.2, 0.25) is 0 Å². The van der Waals surface area contributed by atoms with Crippen molar-refractivity contribution in [3.8, 4) is 5.75 Å². The Morgan fingerprint density at radius 2 is 1.90 bits per heavy atom. The van der Waals surface area contributed by atoms with Crippen LogP contribution in [0.25, 0.3) is 0 Å². The SMILES string of the molecule is CC(O)(c1ccc(O)cc1)C1CCOC2(CCSCC2)C1. The van der Waals surface area contributed by atoms with Gasteiger partial charge in [0.05, 0.1) is 11.2 Å². The van der Waals surface area contributed by atoms with Crippen LogP contribution in [0.2, 0.25) is 0 Å². The van der Waals surface area contributed by atoms with Crippen LogP contribution >= 0.6 is 11.8 Å². The molecule has 0 amide bonds. The summed E-state index contributed by atoms with van der Waals surface area (Å²) in [6.45, 7) is 2.64. The van der Waals surface area contributed by atoms with E-state index in [-0.39, 0.29) is 17.3 Å². The maximum Gasteiger partial charge on any atom is 0.115 e. The molecule has 116 valence electrons. The monoisotopic (exact) mass is 308 g/mol. The summed E-state index contributed by atoms with van der Waals surface area (Å²) in [5, 5.41) is 20.5. The Bertz CT molecular complexity index is 472. The van der Waals surface area contributed by atoms with Gasteiger partial charge >= 0.3 is 0 Å². The van der Waals surface area contributed by atoms with Crippen molar-refractivity contribution >= 4 is 11.8 Å². The lowest BCUT2D eigenvalue weighted by Crippen LogP contribution is -2.47. The van der Waals surface area contributed by atoms with Crippen molar-refractivity contribution in [2.24, 2.45) is 5.92 Å². The van der Waals surface area contributed by atoms with E-state index in [0.29, 0.717) is 0 Å². The molecule has 3 nitrogen and oxygen atoms in total. The number of benzene rings is 1. The van der Waals surface area contributed by atoms with E-state index in [1.165, 1.54) is 0 Å². The maximum absolute atomic E-state index is 11.1. The molecule has 21 heavy (non-hydrogen) atoms. The van der Waals surface area contributed by atoms with Gasteiger partial charge in [0, 0.05) is 6.61 Å². The Kier molecular flexibility index (Phi) is 4.21. The fraction of sp³-hybridized carbons (Fsp3) is 0.647. The molecule has 2 atom stereocenters. The summed E-state index contributed by atoms with van der Waals surface area (Å²) in [4.78, 5) is 0. The molecule has 2 unspecified atom stereocenters. The fourth-order valence-corrected chi connectivity index (χ4v) is 4.87. The third-order valence-electron chi connectivity index (χ3n) is 5.14. The first kappa shape index (κ1) is 15.2. The van der Waals surface area contributed by atoms with Crippen LogP contribution in [0, 0.1) is 5.92 Å². The van der Waals surface area contributed by atoms with Crippen molar-refractivity contribution in [2.75, 3.05) is 18.1 Å². The van der Waals surface area contributed by atoms with E-state index in [0.717, 1.165) is 49.4 Å². The topological polar surface area (TPSA) is 49.7 Å². The quantitative estimate of drug-likeness (QED) is 0.880. The number of aromatic hydroxyl groups is 1. The molecular weight excluding hydrogens is 284 g/mol. The molecule has 0 saturated carbocycles. The van der Waals surface area contributed by atoms with Gasteiger partial charge in [-0.3, -0.25) is 0 Å². The van der Waals surface area contributed by atoms with Crippen LogP contribution in [0.5, 0.6) is 5.75 Å². The molecular formula is C17H24O3S. The van der Waals surface area contributed by atoms with Gasteiger partial charge in [-0.05, 0) is 67.7 Å². The van der Waals surface area contributed by atoms with E-state index in [9.17, 15) is 10.2 Å². The summed E-state index contributed by atoms with van der Waals surface area (Å²) in [6.07, 6.45) is 4.02. The number of thioether (sulfide) groups is 1. The minimum absolute atomic E-state index is 0.0188. The van der Waals surface area contributed by atoms with Gasteiger partial charge in [-0.1, -0.05) is 12.1 Å². The molecule has 0 aliphatic carbocycles. The van der Waals surface area contributed by atoms with Crippen LogP contribution in [-0.4, -0.2) is 33.9 Å². The molecule has 1 aromatic rings. The molecule has 2 aliphatic rings. The van der Waals surface area contributed by atoms with Crippen molar-refractivity contribution in [2.45, 2.75) is 43.8 Å². The highest BCUT2D eigenvalue weighted by Crippen LogP contribution is 2.45. The number of hydrogen-bond acceptors (Lipinski definition) is 4. The Morgan fingerprint density at radius 1 is 1.24 bits per heavy atom. The number of phenols is 1. The van der Waals surface area contributed by atoms with Crippen LogP contribution in [0.3, 0.4) is 0 Å². The van der Waals surface area contributed by atoms with Crippen LogP contribution in [0.4, 0.5) is 0 Å². The average molecular weight is 308 g/mol. The van der Waals surface area contributed by atoms with Gasteiger partial charge in [0.25, 0.3) is 0 Å². The minimum Gasteiger partial charge on any atom is -0.508 e. The summed E-state index contributed by atoms with van der Waals surface area (Å²) in [7, 11) is 0. The van der Waals surface area contributed by atoms with Gasteiger partial charge in [0.1, 0.15) is 5.75 Å². The van der Waals surface area contributed by atoms with Gasteiger partial charge in [-0.25, -0.2) is 0 Å². The number of rotatable bonds is 2. The van der Waals surface area contributed by atoms with Crippen LogP contribution < -0.4 is 0 Å². The van der Waals surface area contributed by atoms with Crippen molar-refractivity contribution in [3.05, 3.63) is 29.8 Å². The zero-order chi connectivity index (χ0) is 14.9. The highest BCUT2D eigenvalue weighted by molar-refractivity contribution is 7.99. The second-order valence-electron chi connectivity index (χ2n) is 6.53. The Labute approximate surface area is 130 Å². The van der Waals surface area contributed by atoms with Crippen molar-refractivity contribution < 1.29 is 14.9 Å². The first-order chi connectivity index (χ1) is 10.0. The molecule has 2 fully saturated rings. The molecule has 2 saturated heterocycles. The Hall–Kier alpha value is -0.710. The number of ether oxygens (including phenoxy) is 1. The standard InChI is InChI=1S/C17H24O3S/c1-16(19,13-2-4-15(18)5-3-13)14-6-9-20-17(12-14)7-10-21-11-8-17/h2-5,14,18-19H,6-12H2,1H3. The minimum atomic E-state index is -0.866. The highest BCUT2D eigenvalue weighted by atomic mass is 32.2. The maximum atomic E-state index is 11.1. The lowest BCUT2D eigenvalue weighted by Gasteiger charge is -2.47. The number of hydrogen-bond donors (Lipinski definition) is 2. The summed E-state index contributed by atoms with van der Waals surface area (Å²) >= 11 is 2.00. The van der Waals surface area contributed by atoms with E-state index in [1.807, 2.05) is 30.8 Å². The normalized spacial score (nSPS) is 28.2. The predicted octanol–water partition coefficient (Wildman–Crippen LogP) is 3.29. The van der Waals surface area contributed by atoms with E-state index in [2.05, 4.69) is 0 Å². The molecule has 4 heteroatoms. The number of aliphatic hydroxyl groups is 1. The lowest BCUT2D eigenvalue weighted by atomic mass is 9.72. The van der Waals surface area contributed by atoms with E-state index >= 15 is 0 Å². The lowest BCUT2D eigenvalue weighted by molar-refractivity contribution is -0.144. The van der Waals surface area contributed by atoms with Crippen molar-refractivity contribution in [3.63, 3.8) is 0 Å². The molecule has 2 aliphatic heterocycles. The van der Waals surface area contributed by atoms with Gasteiger partial charge in [-0.2, -0.15) is 11.8 Å². The molecule has 0 aromatic heterocycles. The summed E-state index contributed by atoms with van der Waals surface area (Å²) in [5.74, 6) is 2.77. The van der Waals surface area contributed by atoms with Crippen LogP contribution in [0.15, 0.2) is 24.3 Å². The Balaban J connectivity index is 1.79. The van der Waals surface area contributed by atoms with Crippen LogP contribution in [-0.2, 0) is 10.3 Å². The van der Waals surface area contributed by atoms with Gasteiger partial charge in [0.15, 0.2) is 0 Å². The molecule has 1 spiro atoms. The van der Waals surface area contributed by atoms with Gasteiger partial charge < -0.3 is 14.9 Å². The predicted molar refractivity (Wildman–Crippen MR) is 85.6 cm³/mol. The van der Waals surface area contributed by atoms with Crippen LogP contribution in [0.1, 0.15) is 38.2 Å². The molecule has 2 N–H and O–H groups in total. The smallest absolute Gasteiger partial charge is 0.115 e. The molecule has 0 radical (unpaired) electrons. The third-order valence-corrected chi connectivity index (χ3v) is 6.13. The van der Waals surface area contributed by atoms with E-state index < -0.39 is 5.60 Å². The highest BCUT2D eigenvalue weighted by Gasteiger charge is 2.45. The molecule has 3 rings (SSSR count). The number of phenolic OH excluding ortho intramolecular Hbond substituents is 1. The molecule has 0 bridgehead atoms. The van der Waals surface area contributed by atoms with Crippen molar-refractivity contribution in [1.29, 1.82) is 0 Å². The zero-order valence-electron chi connectivity index (χ0n) is 12.5. The Morgan fingerprint density at radius 3 is 2.57 bits per heavy atom. The van der Waals surface area contributed by atoms with Crippen molar-refractivity contribution in [1.82, 2.24) is 0 Å². The second-order valence-corrected chi connectivity index (χ2v) is 7.75.